The van der Waals surface area contributed by atoms with Gasteiger partial charge in [0.15, 0.2) is 5.82 Å². The Labute approximate surface area is 166 Å². The van der Waals surface area contributed by atoms with Gasteiger partial charge in [0.1, 0.15) is 5.75 Å². The third kappa shape index (κ3) is 4.72. The van der Waals surface area contributed by atoms with Crippen molar-refractivity contribution in [3.8, 4) is 17.1 Å². The number of aromatic amines is 1. The number of hydrogen-bond donors (Lipinski definition) is 1. The molecule has 2 heterocycles. The summed E-state index contributed by atoms with van der Waals surface area (Å²) in [7, 11) is 1.57. The van der Waals surface area contributed by atoms with Crippen LogP contribution in [0.5, 0.6) is 5.75 Å². The molecule has 2 aromatic rings. The summed E-state index contributed by atoms with van der Waals surface area (Å²) < 4.78 is 5.33. The van der Waals surface area contributed by atoms with Crippen LogP contribution in [0.1, 0.15) is 6.92 Å². The van der Waals surface area contributed by atoms with E-state index in [2.05, 4.69) is 15.2 Å². The molecule has 10 heteroatoms. The van der Waals surface area contributed by atoms with Gasteiger partial charge in [-0.3, -0.25) is 14.7 Å². The van der Waals surface area contributed by atoms with Crippen LogP contribution in [0, 0.1) is 0 Å². The van der Waals surface area contributed by atoms with E-state index in [1.165, 1.54) is 11.8 Å². The van der Waals surface area contributed by atoms with Gasteiger partial charge in [-0.15, -0.1) is 5.10 Å². The van der Waals surface area contributed by atoms with E-state index in [1.54, 1.807) is 42.0 Å². The number of ether oxygens (including phenoxy) is 1. The summed E-state index contributed by atoms with van der Waals surface area (Å²) in [5, 5.41) is 8.05. The Morgan fingerprint density at radius 3 is 2.63 bits per heavy atom. The van der Waals surface area contributed by atoms with Crippen LogP contribution in [0.3, 0.4) is 0 Å². The minimum atomic E-state index is 0.00916. The van der Waals surface area contributed by atoms with Gasteiger partial charge in [0, 0.05) is 38.1 Å². The molecule has 0 atom stereocenters. The smallest absolute Gasteiger partial charge is 0.233 e. The average Bonchev–Trinajstić information content (AvgIpc) is 3.15. The van der Waals surface area contributed by atoms with Crippen molar-refractivity contribution in [1.29, 1.82) is 0 Å². The molecule has 1 N–H and O–H groups in total. The predicted molar refractivity (Wildman–Crippen MR) is 103 cm³/mol. The molecule has 0 bridgehead atoms. The maximum Gasteiger partial charge on any atom is 0.233 e. The van der Waals surface area contributed by atoms with E-state index in [-0.39, 0.29) is 17.6 Å². The van der Waals surface area contributed by atoms with Crippen LogP contribution in [0.2, 0.25) is 5.02 Å². The van der Waals surface area contributed by atoms with Crippen molar-refractivity contribution in [2.45, 2.75) is 12.1 Å². The van der Waals surface area contributed by atoms with Crippen LogP contribution in [0.4, 0.5) is 0 Å². The summed E-state index contributed by atoms with van der Waals surface area (Å²) >= 11 is 7.31. The monoisotopic (exact) mass is 409 g/mol. The van der Waals surface area contributed by atoms with Gasteiger partial charge in [0.05, 0.1) is 18.4 Å². The lowest BCUT2D eigenvalue weighted by Gasteiger charge is -2.34. The highest BCUT2D eigenvalue weighted by Crippen LogP contribution is 2.31. The Morgan fingerprint density at radius 2 is 1.96 bits per heavy atom. The fourth-order valence-electron chi connectivity index (χ4n) is 2.78. The molecule has 0 saturated carbocycles. The van der Waals surface area contributed by atoms with Crippen molar-refractivity contribution in [1.82, 2.24) is 25.0 Å². The number of nitrogens with one attached hydrogen (secondary N) is 1. The molecule has 1 fully saturated rings. The molecular weight excluding hydrogens is 390 g/mol. The van der Waals surface area contributed by atoms with Crippen LogP contribution in [-0.2, 0) is 9.59 Å². The molecule has 27 heavy (non-hydrogen) atoms. The van der Waals surface area contributed by atoms with Gasteiger partial charge in [-0.05, 0) is 18.2 Å². The zero-order valence-electron chi connectivity index (χ0n) is 15.1. The number of amides is 2. The van der Waals surface area contributed by atoms with Crippen LogP contribution in [0.15, 0.2) is 23.4 Å². The Kier molecular flexibility index (Phi) is 6.22. The lowest BCUT2D eigenvalue weighted by atomic mass is 10.2. The summed E-state index contributed by atoms with van der Waals surface area (Å²) in [5.41, 5.74) is 0.705. The van der Waals surface area contributed by atoms with Crippen molar-refractivity contribution in [3.63, 3.8) is 0 Å². The fraction of sp³-hybridized carbons (Fsp3) is 0.412. The average molecular weight is 410 g/mol. The number of methoxy groups -OCH3 is 1. The molecule has 144 valence electrons. The first-order chi connectivity index (χ1) is 13.0. The Balaban J connectivity index is 1.58. The van der Waals surface area contributed by atoms with Gasteiger partial charge in [0.2, 0.25) is 17.0 Å². The van der Waals surface area contributed by atoms with Gasteiger partial charge in [-0.1, -0.05) is 23.4 Å². The largest absolute Gasteiger partial charge is 0.496 e. The molecule has 1 aliphatic heterocycles. The third-order valence-electron chi connectivity index (χ3n) is 4.28. The second kappa shape index (κ2) is 8.62. The number of carbonyl (C=O) groups is 2. The first-order valence-corrected chi connectivity index (χ1v) is 9.76. The molecule has 3 rings (SSSR count). The SMILES string of the molecule is COc1ccc(Cl)cc1-c1nc(SCC(=O)N2CCN(C(C)=O)CC2)n[nH]1. The number of halogens is 1. The topological polar surface area (TPSA) is 91.4 Å². The number of benzene rings is 1. The van der Waals surface area contributed by atoms with Crippen molar-refractivity contribution in [2.24, 2.45) is 0 Å². The summed E-state index contributed by atoms with van der Waals surface area (Å²) in [5.74, 6) is 1.45. The molecule has 1 aliphatic rings. The van der Waals surface area contributed by atoms with Crippen LogP contribution < -0.4 is 4.74 Å². The van der Waals surface area contributed by atoms with Crippen molar-refractivity contribution >= 4 is 35.2 Å². The van der Waals surface area contributed by atoms with Crippen molar-refractivity contribution < 1.29 is 14.3 Å². The predicted octanol–water partition coefficient (Wildman–Crippen LogP) is 1.92. The molecule has 0 aliphatic carbocycles. The second-order valence-electron chi connectivity index (χ2n) is 5.99. The number of carbonyl (C=O) groups excluding carboxylic acids is 2. The minimum Gasteiger partial charge on any atom is -0.496 e. The number of piperazine rings is 1. The number of rotatable bonds is 5. The Bertz CT molecular complexity index is 836. The molecule has 2 amide bonds. The second-order valence-corrected chi connectivity index (χ2v) is 7.37. The number of H-pyrrole nitrogens is 1. The lowest BCUT2D eigenvalue weighted by molar-refractivity contribution is -0.136. The molecule has 1 saturated heterocycles. The van der Waals surface area contributed by atoms with Crippen LogP contribution in [0.25, 0.3) is 11.4 Å². The highest BCUT2D eigenvalue weighted by molar-refractivity contribution is 7.99. The van der Waals surface area contributed by atoms with E-state index in [0.717, 1.165) is 0 Å². The maximum atomic E-state index is 12.4. The standard InChI is InChI=1S/C17H20ClN5O3S/c1-11(24)22-5-7-23(8-6-22)15(25)10-27-17-19-16(20-21-17)13-9-12(18)3-4-14(13)26-2/h3-4,9H,5-8,10H2,1-2H3,(H,19,20,21). The van der Waals surface area contributed by atoms with Crippen molar-refractivity contribution in [3.05, 3.63) is 23.2 Å². The van der Waals surface area contributed by atoms with E-state index in [9.17, 15) is 9.59 Å². The quantitative estimate of drug-likeness (QED) is 0.758. The zero-order valence-corrected chi connectivity index (χ0v) is 16.6. The summed E-state index contributed by atoms with van der Waals surface area (Å²) in [6.45, 7) is 3.80. The lowest BCUT2D eigenvalue weighted by Crippen LogP contribution is -2.50. The highest BCUT2D eigenvalue weighted by Gasteiger charge is 2.22. The first-order valence-electron chi connectivity index (χ1n) is 8.40. The first kappa shape index (κ1) is 19.5. The van der Waals surface area contributed by atoms with Gasteiger partial charge < -0.3 is 14.5 Å². The van der Waals surface area contributed by atoms with E-state index in [0.29, 0.717) is 53.5 Å². The van der Waals surface area contributed by atoms with Crippen LogP contribution in [-0.4, -0.2) is 75.8 Å². The molecule has 1 aromatic carbocycles. The van der Waals surface area contributed by atoms with Gasteiger partial charge in [-0.25, -0.2) is 4.98 Å². The maximum absolute atomic E-state index is 12.4. The van der Waals surface area contributed by atoms with Gasteiger partial charge >= 0.3 is 0 Å². The number of thioether (sulfide) groups is 1. The number of nitrogens with zero attached hydrogens (tertiary/aromatic N) is 4. The number of aromatic nitrogens is 3. The van der Waals surface area contributed by atoms with Gasteiger partial charge in [0.25, 0.3) is 0 Å². The zero-order chi connectivity index (χ0) is 19.4. The van der Waals surface area contributed by atoms with Gasteiger partial charge in [-0.2, -0.15) is 0 Å². The molecule has 1 aromatic heterocycles. The number of hydrogen-bond acceptors (Lipinski definition) is 6. The highest BCUT2D eigenvalue weighted by atomic mass is 35.5. The molecule has 0 unspecified atom stereocenters. The van der Waals surface area contributed by atoms with E-state index < -0.39 is 0 Å². The fourth-order valence-corrected chi connectivity index (χ4v) is 3.66. The van der Waals surface area contributed by atoms with E-state index in [4.69, 9.17) is 16.3 Å². The summed E-state index contributed by atoms with van der Waals surface area (Å²) in [6.07, 6.45) is 0. The van der Waals surface area contributed by atoms with Crippen molar-refractivity contribution in [2.75, 3.05) is 39.0 Å². The molecule has 0 spiro atoms. The molecule has 0 radical (unpaired) electrons. The van der Waals surface area contributed by atoms with Crippen LogP contribution >= 0.6 is 23.4 Å². The summed E-state index contributed by atoms with van der Waals surface area (Å²) in [4.78, 5) is 31.6. The Hall–Kier alpha value is -2.26. The Morgan fingerprint density at radius 1 is 1.26 bits per heavy atom. The molecular formula is C17H20ClN5O3S. The third-order valence-corrected chi connectivity index (χ3v) is 5.35. The molecule has 8 nitrogen and oxygen atoms in total. The summed E-state index contributed by atoms with van der Waals surface area (Å²) in [6, 6.07) is 5.24. The van der Waals surface area contributed by atoms with E-state index in [1.807, 2.05) is 0 Å². The normalized spacial score (nSPS) is 14.3. The minimum absolute atomic E-state index is 0.00916. The van der Waals surface area contributed by atoms with E-state index >= 15 is 0 Å².